The van der Waals surface area contributed by atoms with Crippen molar-refractivity contribution in [3.05, 3.63) is 364 Å². The van der Waals surface area contributed by atoms with E-state index >= 15 is 0 Å². The molecule has 579 valence electrons. The van der Waals surface area contributed by atoms with Gasteiger partial charge in [0.05, 0.1) is 50.3 Å². The van der Waals surface area contributed by atoms with Crippen molar-refractivity contribution in [1.29, 1.82) is 5.26 Å². The number of nitrogens with zero attached hydrogens (tertiary/aromatic N) is 1. The number of hydrogen-bond acceptors (Lipinski definition) is 16. The number of alkyl halides is 3. The molecule has 0 unspecified atom stereocenters. The minimum Gasteiger partial charge on any atom is -2.00 e. The SMILES string of the molecule is CC#N.O=P([O-])(c1ccccc1)c1ccccc1.O=P([O-])(c1ccccc1)c1ccccc1.O=P([O-])(c1ccccc1)c1ccccc1.O=P([O-])(c1ccccc1)c1ccccc1.O=P([O-])(c1ccccc1)c1ccccc1.O=P([O-])(c1ccccc1)c1ccccc1.O=S(=O)([O-])C(F)(F)F.[Mn+3].[Mn].[Mn].[Mn].[O-2].[O-2].[O-2].[O-2]. The smallest absolute Gasteiger partial charge is 2.00 e. The second-order valence-electron chi connectivity index (χ2n) is 20.5. The van der Waals surface area contributed by atoms with E-state index in [4.69, 9.17) is 18.2 Å². The Morgan fingerprint density at radius 1 is 0.257 bits per heavy atom. The number of rotatable bonds is 12. The first-order valence-corrected chi connectivity index (χ1v) is 41.0. The van der Waals surface area contributed by atoms with E-state index in [1.165, 1.54) is 6.92 Å². The Hall–Kier alpha value is -7.11. The van der Waals surface area contributed by atoms with E-state index in [0.717, 1.165) is 0 Å². The fourth-order valence-corrected chi connectivity index (χ4v) is 16.9. The summed E-state index contributed by atoms with van der Waals surface area (Å²) in [4.78, 5) is 72.4. The van der Waals surface area contributed by atoms with Crippen molar-refractivity contribution in [2.24, 2.45) is 0 Å². The van der Waals surface area contributed by atoms with Crippen molar-refractivity contribution in [3.8, 4) is 6.07 Å². The van der Waals surface area contributed by atoms with Gasteiger partial charge in [-0.25, -0.2) is 8.42 Å². The van der Waals surface area contributed by atoms with Gasteiger partial charge in [-0.3, -0.25) is 0 Å². The molecule has 20 nitrogen and oxygen atoms in total. The fourth-order valence-electron chi connectivity index (χ4n) is 8.39. The Morgan fingerprint density at radius 2 is 0.312 bits per heavy atom. The third-order valence-corrected chi connectivity index (χ3v) is 25.7. The Balaban J connectivity index is -0.000000582. The van der Waals surface area contributed by atoms with Crippen LogP contribution in [-0.4, -0.2) is 18.5 Å². The van der Waals surface area contributed by atoms with Crippen LogP contribution in [0.25, 0.3) is 0 Å². The van der Waals surface area contributed by atoms with Crippen LogP contribution >= 0.6 is 44.2 Å². The van der Waals surface area contributed by atoms with Gasteiger partial charge in [0.2, 0.25) is 0 Å². The normalized spacial score (nSPS) is 10.4. The third-order valence-electron chi connectivity index (χ3n) is 13.4. The average molecular weight is 1780 g/mol. The van der Waals surface area contributed by atoms with Crippen LogP contribution in [0.2, 0.25) is 0 Å². The number of halogens is 3. The van der Waals surface area contributed by atoms with Crippen LogP contribution in [0, 0.1) is 11.3 Å². The number of hydrogen-bond donors (Lipinski definition) is 0. The second-order valence-corrected chi connectivity index (χ2v) is 34.6. The molecule has 0 N–H and O–H groups in total. The molecule has 0 spiro atoms. The first-order chi connectivity index (χ1) is 47.9. The quantitative estimate of drug-likeness (QED) is 0.0488. The zero-order valence-corrected chi connectivity index (χ0v) is 67.5. The van der Waals surface area contributed by atoms with Gasteiger partial charge in [-0.15, -0.1) is 0 Å². The summed E-state index contributed by atoms with van der Waals surface area (Å²) < 4.78 is 131. The van der Waals surface area contributed by atoms with Crippen molar-refractivity contribution >= 4 is 118 Å². The van der Waals surface area contributed by atoms with Crippen molar-refractivity contribution in [2.45, 2.75) is 12.4 Å². The molecule has 0 amide bonds. The van der Waals surface area contributed by atoms with Crippen LogP contribution in [-0.2, 0) is 128 Å². The topological polar surface area (TPSA) is 436 Å². The van der Waals surface area contributed by atoms with E-state index in [0.29, 0.717) is 63.7 Å². The Kier molecular flexibility index (Phi) is 52.6. The molecule has 0 atom stereocenters. The summed E-state index contributed by atoms with van der Waals surface area (Å²) in [6, 6.07) is 103. The van der Waals surface area contributed by atoms with Crippen LogP contribution in [0.4, 0.5) is 13.2 Å². The van der Waals surface area contributed by atoms with Crippen LogP contribution < -0.4 is 93.0 Å². The summed E-state index contributed by atoms with van der Waals surface area (Å²) in [6.45, 7) is 1.43. The molecule has 12 rings (SSSR count). The van der Waals surface area contributed by atoms with Gasteiger partial charge in [0.1, 0.15) is 0 Å². The molecular formula is C75H63F3Mn4NO19P6S-12. The molecule has 0 aliphatic heterocycles. The predicted molar refractivity (Wildman–Crippen MR) is 388 cm³/mol. The average Bonchev–Trinajstić information content (AvgIpc) is 0.846. The molecule has 0 aliphatic rings. The summed E-state index contributed by atoms with van der Waals surface area (Å²) in [5.41, 5.74) is -5.65. The summed E-state index contributed by atoms with van der Waals surface area (Å²) in [5, 5.41) is 11.6. The number of nitriles is 1. The standard InChI is InChI=1S/6C12H11O2P.C2H3N.CHF3O3S.4Mn.4O/c6*13-15(14,11-7-3-1-4-8-11)12-9-5-2-6-10-12;1-2-3;2-1(3,4)8(5,6)7;;;;;;;;/h6*1-10H,(H,13,14);1H3;(H,5,6,7);;;;;;;;/q;;;;;;;;;;;+3;4*-2/p-7. The van der Waals surface area contributed by atoms with Gasteiger partial charge < -0.3 is 83.2 Å². The second kappa shape index (κ2) is 52.9. The van der Waals surface area contributed by atoms with Crippen LogP contribution in [0.1, 0.15) is 6.92 Å². The van der Waals surface area contributed by atoms with Crippen LogP contribution in [0.3, 0.4) is 0 Å². The first kappa shape index (κ1) is 108. The largest absolute Gasteiger partial charge is 3.00 e. The molecule has 0 fully saturated rings. The van der Waals surface area contributed by atoms with Gasteiger partial charge in [0.25, 0.3) is 0 Å². The van der Waals surface area contributed by atoms with E-state index in [1.54, 1.807) is 370 Å². The molecule has 0 aromatic heterocycles. The van der Waals surface area contributed by atoms with Crippen molar-refractivity contribution in [1.82, 2.24) is 0 Å². The molecule has 12 aromatic rings. The zero-order chi connectivity index (χ0) is 74.1. The molecular weight excluding hydrogens is 1710 g/mol. The molecule has 0 aliphatic carbocycles. The predicted octanol–water partition coefficient (Wildman–Crippen LogP) is 7.75. The minimum absolute atomic E-state index is 0. The zero-order valence-electron chi connectivity index (χ0n) is 56.6. The third kappa shape index (κ3) is 34.2. The Labute approximate surface area is 673 Å². The first-order valence-electron chi connectivity index (χ1n) is 29.8. The van der Waals surface area contributed by atoms with E-state index in [2.05, 4.69) is 0 Å². The number of benzene rings is 12. The van der Waals surface area contributed by atoms with Gasteiger partial charge in [-0.1, -0.05) is 364 Å². The van der Waals surface area contributed by atoms with Gasteiger partial charge in [-0.05, 0) is 0 Å². The Bertz CT molecular complexity index is 3910. The van der Waals surface area contributed by atoms with E-state index in [9.17, 15) is 69.9 Å². The molecule has 0 saturated heterocycles. The van der Waals surface area contributed by atoms with E-state index < -0.39 is 59.8 Å². The van der Waals surface area contributed by atoms with Gasteiger partial charge >= 0.3 is 22.6 Å². The minimum atomic E-state index is -6.09. The fraction of sp³-hybridized carbons (Fsp3) is 0.0267. The summed E-state index contributed by atoms with van der Waals surface area (Å²) >= 11 is 0. The maximum Gasteiger partial charge on any atom is 3.00 e. The van der Waals surface area contributed by atoms with E-state index in [1.807, 2.05) is 0 Å². The molecule has 3 radical (unpaired) electrons. The maximum absolute atomic E-state index is 12.1. The van der Waals surface area contributed by atoms with Crippen molar-refractivity contribution < 1.29 is 173 Å². The molecule has 0 bridgehead atoms. The van der Waals surface area contributed by atoms with E-state index in [-0.39, 0.29) is 90.2 Å². The summed E-state index contributed by atoms with van der Waals surface area (Å²) in [5.74, 6) is 0. The van der Waals surface area contributed by atoms with Crippen molar-refractivity contribution in [3.63, 3.8) is 0 Å². The Morgan fingerprint density at radius 3 is 0.358 bits per heavy atom. The maximum atomic E-state index is 12.1. The van der Waals surface area contributed by atoms with Gasteiger partial charge in [0.15, 0.2) is 10.1 Å². The van der Waals surface area contributed by atoms with Crippen LogP contribution in [0.5, 0.6) is 0 Å². The van der Waals surface area contributed by atoms with Crippen LogP contribution in [0.15, 0.2) is 364 Å². The molecule has 0 saturated carbocycles. The van der Waals surface area contributed by atoms with Gasteiger partial charge in [-0.2, -0.15) is 18.4 Å². The monoisotopic (exact) mass is 1780 g/mol. The molecule has 0 heterocycles. The molecule has 12 aromatic carbocycles. The molecule has 34 heteroatoms. The molecule has 109 heavy (non-hydrogen) atoms. The van der Waals surface area contributed by atoms with Crippen molar-refractivity contribution in [2.75, 3.05) is 0 Å². The summed E-state index contributed by atoms with van der Waals surface area (Å²) in [6.07, 6.45) is 0. The van der Waals surface area contributed by atoms with Gasteiger partial charge in [0, 0.05) is 122 Å². The summed E-state index contributed by atoms with van der Waals surface area (Å²) in [7, 11) is -28.0.